The van der Waals surface area contributed by atoms with E-state index in [-0.39, 0.29) is 24.0 Å². The fourth-order valence-corrected chi connectivity index (χ4v) is 3.34. The highest BCUT2D eigenvalue weighted by Crippen LogP contribution is 2.31. The molecule has 1 amide bonds. The first-order valence-electron chi connectivity index (χ1n) is 7.23. The summed E-state index contributed by atoms with van der Waals surface area (Å²) in [6.45, 7) is 5.43. The van der Waals surface area contributed by atoms with Crippen molar-refractivity contribution in [3.05, 3.63) is 0 Å². The summed E-state index contributed by atoms with van der Waals surface area (Å²) in [5.74, 6) is 0.796. The molecular formula is C14H26N2O2. The third-order valence-corrected chi connectivity index (χ3v) is 4.79. The molecule has 0 bridgehead atoms. The van der Waals surface area contributed by atoms with Crippen molar-refractivity contribution in [2.24, 2.45) is 23.5 Å². The van der Waals surface area contributed by atoms with Gasteiger partial charge in [0.15, 0.2) is 0 Å². The van der Waals surface area contributed by atoms with Crippen LogP contribution in [-0.4, -0.2) is 41.1 Å². The third-order valence-electron chi connectivity index (χ3n) is 4.79. The molecule has 4 nitrogen and oxygen atoms in total. The van der Waals surface area contributed by atoms with Gasteiger partial charge in [0.25, 0.3) is 0 Å². The number of likely N-dealkylation sites (tertiary alicyclic amines) is 1. The van der Waals surface area contributed by atoms with Crippen LogP contribution in [0.5, 0.6) is 0 Å². The molecule has 104 valence electrons. The topological polar surface area (TPSA) is 66.6 Å². The van der Waals surface area contributed by atoms with Crippen LogP contribution in [0, 0.1) is 17.8 Å². The summed E-state index contributed by atoms with van der Waals surface area (Å²) in [4.78, 5) is 14.4. The Morgan fingerprint density at radius 3 is 2.56 bits per heavy atom. The maximum Gasteiger partial charge on any atom is 0.227 e. The standard InChI is InChI=1S/C14H26N2O2/c1-9-6-7-16(8-12(9)17)14(18)13-10(2)4-3-5-11(13)15/h9-13,17H,3-8,15H2,1-2H3. The summed E-state index contributed by atoms with van der Waals surface area (Å²) in [5, 5.41) is 9.90. The van der Waals surface area contributed by atoms with Crippen molar-refractivity contribution >= 4 is 5.91 Å². The molecule has 2 fully saturated rings. The van der Waals surface area contributed by atoms with Gasteiger partial charge in [0.2, 0.25) is 5.91 Å². The first-order valence-corrected chi connectivity index (χ1v) is 7.23. The number of hydrogen-bond acceptors (Lipinski definition) is 3. The van der Waals surface area contributed by atoms with E-state index in [0.717, 1.165) is 32.2 Å². The quantitative estimate of drug-likeness (QED) is 0.733. The van der Waals surface area contributed by atoms with Gasteiger partial charge in [-0.3, -0.25) is 4.79 Å². The number of rotatable bonds is 1. The van der Waals surface area contributed by atoms with E-state index in [4.69, 9.17) is 5.73 Å². The van der Waals surface area contributed by atoms with Gasteiger partial charge in [0.05, 0.1) is 12.0 Å². The Hall–Kier alpha value is -0.610. The lowest BCUT2D eigenvalue weighted by molar-refractivity contribution is -0.143. The lowest BCUT2D eigenvalue weighted by atomic mass is 9.76. The van der Waals surface area contributed by atoms with E-state index in [1.165, 1.54) is 0 Å². The number of amides is 1. The number of nitrogens with two attached hydrogens (primary N) is 1. The van der Waals surface area contributed by atoms with Crippen molar-refractivity contribution in [2.75, 3.05) is 13.1 Å². The molecule has 0 spiro atoms. The molecule has 5 atom stereocenters. The fourth-order valence-electron chi connectivity index (χ4n) is 3.34. The van der Waals surface area contributed by atoms with Crippen LogP contribution in [0.4, 0.5) is 0 Å². The SMILES string of the molecule is CC1CCN(C(=O)C2C(C)CCCC2N)CC1O. The van der Waals surface area contributed by atoms with Gasteiger partial charge in [-0.25, -0.2) is 0 Å². The second kappa shape index (κ2) is 5.57. The molecule has 1 aliphatic heterocycles. The minimum atomic E-state index is -0.377. The van der Waals surface area contributed by atoms with Crippen LogP contribution >= 0.6 is 0 Å². The Bertz CT molecular complexity index is 298. The van der Waals surface area contributed by atoms with E-state index in [9.17, 15) is 9.90 Å². The molecule has 2 aliphatic rings. The van der Waals surface area contributed by atoms with E-state index < -0.39 is 0 Å². The molecule has 0 aromatic heterocycles. The van der Waals surface area contributed by atoms with Crippen molar-refractivity contribution in [1.29, 1.82) is 0 Å². The van der Waals surface area contributed by atoms with E-state index >= 15 is 0 Å². The van der Waals surface area contributed by atoms with Crippen LogP contribution < -0.4 is 5.73 Å². The van der Waals surface area contributed by atoms with Gasteiger partial charge in [0.1, 0.15) is 0 Å². The Labute approximate surface area is 110 Å². The first-order chi connectivity index (χ1) is 8.50. The van der Waals surface area contributed by atoms with Gasteiger partial charge in [-0.15, -0.1) is 0 Å². The van der Waals surface area contributed by atoms with E-state index in [1.807, 2.05) is 11.8 Å². The maximum absolute atomic E-state index is 12.6. The maximum atomic E-state index is 12.6. The Balaban J connectivity index is 2.01. The largest absolute Gasteiger partial charge is 0.391 e. The molecule has 1 aliphatic carbocycles. The number of carbonyl (C=O) groups excluding carboxylic acids is 1. The summed E-state index contributed by atoms with van der Waals surface area (Å²) in [6, 6.07) is -0.00209. The van der Waals surface area contributed by atoms with Crippen LogP contribution in [0.2, 0.25) is 0 Å². The van der Waals surface area contributed by atoms with Crippen LogP contribution in [0.1, 0.15) is 39.5 Å². The van der Waals surface area contributed by atoms with E-state index in [1.54, 1.807) is 0 Å². The summed E-state index contributed by atoms with van der Waals surface area (Å²) in [7, 11) is 0. The summed E-state index contributed by atoms with van der Waals surface area (Å²) < 4.78 is 0. The predicted octanol–water partition coefficient (Wildman–Crippen LogP) is 0.979. The smallest absolute Gasteiger partial charge is 0.227 e. The number of β-amino-alcohol motifs (C(OH)–C–C–N with tert-alkyl or cyclic N) is 1. The number of aliphatic hydroxyl groups excluding tert-OH is 1. The van der Waals surface area contributed by atoms with E-state index in [2.05, 4.69) is 6.92 Å². The normalized spacial score (nSPS) is 41.8. The van der Waals surface area contributed by atoms with Gasteiger partial charge in [-0.1, -0.05) is 20.3 Å². The van der Waals surface area contributed by atoms with Crippen molar-refractivity contribution in [3.8, 4) is 0 Å². The van der Waals surface area contributed by atoms with Crippen LogP contribution in [0.3, 0.4) is 0 Å². The average Bonchev–Trinajstić information content (AvgIpc) is 2.32. The highest BCUT2D eigenvalue weighted by molar-refractivity contribution is 5.80. The van der Waals surface area contributed by atoms with Gasteiger partial charge in [0, 0.05) is 19.1 Å². The highest BCUT2D eigenvalue weighted by Gasteiger charge is 2.38. The third kappa shape index (κ3) is 2.69. The lowest BCUT2D eigenvalue weighted by Crippen LogP contribution is -2.53. The van der Waals surface area contributed by atoms with Crippen molar-refractivity contribution in [3.63, 3.8) is 0 Å². The second-order valence-electron chi connectivity index (χ2n) is 6.22. The zero-order valence-corrected chi connectivity index (χ0v) is 11.5. The van der Waals surface area contributed by atoms with Gasteiger partial charge >= 0.3 is 0 Å². The number of aliphatic hydroxyl groups is 1. The van der Waals surface area contributed by atoms with Gasteiger partial charge in [-0.05, 0) is 31.1 Å². The molecule has 0 aromatic rings. The molecule has 4 heteroatoms. The van der Waals surface area contributed by atoms with Crippen molar-refractivity contribution in [1.82, 2.24) is 4.90 Å². The molecule has 2 rings (SSSR count). The summed E-state index contributed by atoms with van der Waals surface area (Å²) >= 11 is 0. The van der Waals surface area contributed by atoms with Gasteiger partial charge in [-0.2, -0.15) is 0 Å². The molecule has 5 unspecified atom stereocenters. The Kier molecular flexibility index (Phi) is 4.28. The highest BCUT2D eigenvalue weighted by atomic mass is 16.3. The minimum Gasteiger partial charge on any atom is -0.391 e. The average molecular weight is 254 g/mol. The predicted molar refractivity (Wildman–Crippen MR) is 70.8 cm³/mol. The van der Waals surface area contributed by atoms with Crippen LogP contribution in [-0.2, 0) is 4.79 Å². The van der Waals surface area contributed by atoms with Gasteiger partial charge < -0.3 is 15.7 Å². The molecule has 1 saturated carbocycles. The van der Waals surface area contributed by atoms with Crippen molar-refractivity contribution in [2.45, 2.75) is 51.7 Å². The summed E-state index contributed by atoms with van der Waals surface area (Å²) in [6.07, 6.45) is 3.69. The molecule has 0 aromatic carbocycles. The van der Waals surface area contributed by atoms with Crippen molar-refractivity contribution < 1.29 is 9.90 Å². The van der Waals surface area contributed by atoms with E-state index in [0.29, 0.717) is 18.4 Å². The number of hydrogen-bond donors (Lipinski definition) is 2. The molecular weight excluding hydrogens is 228 g/mol. The molecule has 1 saturated heterocycles. The molecule has 1 heterocycles. The Morgan fingerprint density at radius 2 is 1.94 bits per heavy atom. The molecule has 3 N–H and O–H groups in total. The molecule has 18 heavy (non-hydrogen) atoms. The number of nitrogens with zero attached hydrogens (tertiary/aromatic N) is 1. The lowest BCUT2D eigenvalue weighted by Gasteiger charge is -2.40. The Morgan fingerprint density at radius 1 is 1.22 bits per heavy atom. The monoisotopic (exact) mass is 254 g/mol. The van der Waals surface area contributed by atoms with Crippen LogP contribution in [0.25, 0.3) is 0 Å². The summed E-state index contributed by atoms with van der Waals surface area (Å²) in [5.41, 5.74) is 6.13. The first kappa shape index (κ1) is 13.8. The minimum absolute atomic E-state index is 0.00209. The number of carbonyl (C=O) groups is 1. The zero-order chi connectivity index (χ0) is 13.3. The molecule has 0 radical (unpaired) electrons. The zero-order valence-electron chi connectivity index (χ0n) is 11.5. The number of piperidine rings is 1. The second-order valence-corrected chi connectivity index (χ2v) is 6.22. The van der Waals surface area contributed by atoms with Crippen LogP contribution in [0.15, 0.2) is 0 Å². The fraction of sp³-hybridized carbons (Fsp3) is 0.929.